The second kappa shape index (κ2) is 6.55. The van der Waals surface area contributed by atoms with Gasteiger partial charge in [-0.05, 0) is 24.6 Å². The fourth-order valence-electron chi connectivity index (χ4n) is 1.68. The number of thioether (sulfide) groups is 1. The van der Waals surface area contributed by atoms with Gasteiger partial charge in [-0.1, -0.05) is 56.1 Å². The normalized spacial score (nSPS) is 11.7. The van der Waals surface area contributed by atoms with E-state index in [1.54, 1.807) is 11.8 Å². The molecule has 0 atom stereocenters. The quantitative estimate of drug-likeness (QED) is 0.530. The summed E-state index contributed by atoms with van der Waals surface area (Å²) in [6.07, 6.45) is 0. The first-order valence-electron chi connectivity index (χ1n) is 6.69. The van der Waals surface area contributed by atoms with Gasteiger partial charge < -0.3 is 0 Å². The Kier molecular flexibility index (Phi) is 5.18. The molecule has 0 fully saturated rings. The minimum absolute atomic E-state index is 0.118. The first kappa shape index (κ1) is 16.6. The van der Waals surface area contributed by atoms with Crippen molar-refractivity contribution in [3.8, 4) is 0 Å². The minimum atomic E-state index is -0.118. The summed E-state index contributed by atoms with van der Waals surface area (Å²) in [5, 5.41) is 2.23. The molecule has 0 N–H and O–H groups in total. The van der Waals surface area contributed by atoms with E-state index in [9.17, 15) is 0 Å². The zero-order valence-corrected chi connectivity index (χ0v) is 14.9. The molecule has 0 spiro atoms. The van der Waals surface area contributed by atoms with Crippen molar-refractivity contribution in [3.63, 3.8) is 0 Å². The van der Waals surface area contributed by atoms with Crippen LogP contribution in [0.5, 0.6) is 0 Å². The van der Waals surface area contributed by atoms with Crippen molar-refractivity contribution in [2.45, 2.75) is 43.9 Å². The molecule has 0 aliphatic rings. The summed E-state index contributed by atoms with van der Waals surface area (Å²) < 4.78 is 0. The summed E-state index contributed by atoms with van der Waals surface area (Å²) in [6.45, 7) is 8.21. The van der Waals surface area contributed by atoms with E-state index in [-0.39, 0.29) is 5.41 Å². The fraction of sp³-hybridized carbons (Fsp3) is 0.375. The van der Waals surface area contributed by atoms with E-state index in [0.717, 1.165) is 27.2 Å². The van der Waals surface area contributed by atoms with Gasteiger partial charge in [0.2, 0.25) is 0 Å². The van der Waals surface area contributed by atoms with Crippen LogP contribution in [0.2, 0.25) is 10.2 Å². The van der Waals surface area contributed by atoms with Crippen LogP contribution in [0.25, 0.3) is 0 Å². The van der Waals surface area contributed by atoms with Crippen molar-refractivity contribution < 1.29 is 0 Å². The summed E-state index contributed by atoms with van der Waals surface area (Å²) in [6, 6.07) is 7.85. The Balaban J connectivity index is 2.23. The highest BCUT2D eigenvalue weighted by Gasteiger charge is 2.20. The monoisotopic (exact) mass is 340 g/mol. The van der Waals surface area contributed by atoms with Gasteiger partial charge in [0.05, 0.1) is 0 Å². The maximum absolute atomic E-state index is 6.25. The van der Waals surface area contributed by atoms with Crippen LogP contribution in [-0.4, -0.2) is 9.97 Å². The number of aromatic nitrogens is 2. The van der Waals surface area contributed by atoms with Gasteiger partial charge >= 0.3 is 0 Å². The number of hydrogen-bond donors (Lipinski definition) is 0. The Morgan fingerprint density at radius 2 is 1.67 bits per heavy atom. The van der Waals surface area contributed by atoms with Gasteiger partial charge in [-0.3, -0.25) is 0 Å². The Morgan fingerprint density at radius 3 is 2.24 bits per heavy atom. The number of hydrogen-bond acceptors (Lipinski definition) is 3. The van der Waals surface area contributed by atoms with E-state index < -0.39 is 0 Å². The van der Waals surface area contributed by atoms with Gasteiger partial charge in [0, 0.05) is 21.8 Å². The zero-order chi connectivity index (χ0) is 15.6. The van der Waals surface area contributed by atoms with E-state index in [0.29, 0.717) is 5.15 Å². The Morgan fingerprint density at radius 1 is 1.05 bits per heavy atom. The second-order valence-electron chi connectivity index (χ2n) is 5.93. The maximum atomic E-state index is 6.25. The van der Waals surface area contributed by atoms with Gasteiger partial charge in [0.25, 0.3) is 0 Å². The molecule has 21 heavy (non-hydrogen) atoms. The third kappa shape index (κ3) is 4.35. The average Bonchev–Trinajstić information content (AvgIpc) is 2.41. The molecule has 2 nitrogen and oxygen atoms in total. The lowest BCUT2D eigenvalue weighted by Gasteiger charge is -2.18. The molecule has 0 saturated carbocycles. The van der Waals surface area contributed by atoms with Gasteiger partial charge in [0.1, 0.15) is 16.0 Å². The van der Waals surface area contributed by atoms with Crippen LogP contribution >= 0.6 is 35.0 Å². The molecular formula is C16H18Cl2N2S. The predicted octanol–water partition coefficient (Wildman–Crippen LogP) is 5.68. The molecule has 0 radical (unpaired) electrons. The van der Waals surface area contributed by atoms with E-state index in [1.807, 2.05) is 31.2 Å². The standard InChI is InChI=1S/C16H18Cl2N2S/c1-10-13(18)19-15(16(2,3)4)20-14(10)21-9-11-5-7-12(17)8-6-11/h5-8H,9H2,1-4H3. The summed E-state index contributed by atoms with van der Waals surface area (Å²) in [4.78, 5) is 9.07. The smallest absolute Gasteiger partial charge is 0.136 e. The molecule has 2 aromatic rings. The van der Waals surface area contributed by atoms with Crippen LogP contribution in [-0.2, 0) is 11.2 Å². The van der Waals surface area contributed by atoms with Gasteiger partial charge in [-0.15, -0.1) is 11.8 Å². The van der Waals surface area contributed by atoms with Crippen molar-refractivity contribution in [2.24, 2.45) is 0 Å². The predicted molar refractivity (Wildman–Crippen MR) is 91.5 cm³/mol. The zero-order valence-electron chi connectivity index (χ0n) is 12.6. The van der Waals surface area contributed by atoms with Crippen molar-refractivity contribution in [2.75, 3.05) is 0 Å². The molecule has 112 valence electrons. The van der Waals surface area contributed by atoms with Crippen LogP contribution in [0, 0.1) is 6.92 Å². The molecule has 0 saturated heterocycles. The largest absolute Gasteiger partial charge is 0.226 e. The van der Waals surface area contributed by atoms with Crippen LogP contribution in [0.3, 0.4) is 0 Å². The molecule has 0 unspecified atom stereocenters. The highest BCUT2D eigenvalue weighted by molar-refractivity contribution is 7.98. The minimum Gasteiger partial charge on any atom is -0.226 e. The summed E-state index contributed by atoms with van der Waals surface area (Å²) in [7, 11) is 0. The molecule has 0 amide bonds. The second-order valence-corrected chi connectivity index (χ2v) is 7.69. The molecule has 5 heteroatoms. The maximum Gasteiger partial charge on any atom is 0.136 e. The highest BCUT2D eigenvalue weighted by atomic mass is 35.5. The Bertz CT molecular complexity index is 634. The fourth-order valence-corrected chi connectivity index (χ4v) is 2.99. The lowest BCUT2D eigenvalue weighted by atomic mass is 9.96. The van der Waals surface area contributed by atoms with Crippen LogP contribution in [0.4, 0.5) is 0 Å². The van der Waals surface area contributed by atoms with E-state index >= 15 is 0 Å². The van der Waals surface area contributed by atoms with Crippen LogP contribution in [0.1, 0.15) is 37.7 Å². The third-order valence-electron chi connectivity index (χ3n) is 3.00. The number of nitrogens with zero attached hydrogens (tertiary/aromatic N) is 2. The van der Waals surface area contributed by atoms with Crippen molar-refractivity contribution >= 4 is 35.0 Å². The van der Waals surface area contributed by atoms with Crippen LogP contribution < -0.4 is 0 Å². The van der Waals surface area contributed by atoms with Crippen molar-refractivity contribution in [1.82, 2.24) is 9.97 Å². The summed E-state index contributed by atoms with van der Waals surface area (Å²) in [5.41, 5.74) is 2.02. The molecule has 2 rings (SSSR count). The van der Waals surface area contributed by atoms with E-state index in [4.69, 9.17) is 23.2 Å². The van der Waals surface area contributed by atoms with Crippen molar-refractivity contribution in [3.05, 3.63) is 51.4 Å². The topological polar surface area (TPSA) is 25.8 Å². The van der Waals surface area contributed by atoms with Gasteiger partial charge in [-0.2, -0.15) is 0 Å². The van der Waals surface area contributed by atoms with Crippen molar-refractivity contribution in [1.29, 1.82) is 0 Å². The number of halogens is 2. The molecule has 0 bridgehead atoms. The summed E-state index contributed by atoms with van der Waals surface area (Å²) >= 11 is 13.8. The van der Waals surface area contributed by atoms with E-state index in [1.165, 1.54) is 5.56 Å². The Labute approximate surface area is 140 Å². The number of rotatable bonds is 3. The lowest BCUT2D eigenvalue weighted by molar-refractivity contribution is 0.537. The summed E-state index contributed by atoms with van der Waals surface area (Å²) in [5.74, 6) is 1.60. The molecule has 1 heterocycles. The molecular weight excluding hydrogens is 323 g/mol. The third-order valence-corrected chi connectivity index (χ3v) is 4.77. The first-order valence-corrected chi connectivity index (χ1v) is 8.43. The SMILES string of the molecule is Cc1c(Cl)nc(C(C)(C)C)nc1SCc1ccc(Cl)cc1. The average molecular weight is 341 g/mol. The molecule has 1 aromatic heterocycles. The Hall–Kier alpha value is -0.770. The van der Waals surface area contributed by atoms with Gasteiger partial charge in [0.15, 0.2) is 0 Å². The molecule has 0 aliphatic heterocycles. The molecule has 0 aliphatic carbocycles. The number of benzene rings is 1. The highest BCUT2D eigenvalue weighted by Crippen LogP contribution is 2.30. The first-order chi connectivity index (χ1) is 9.77. The lowest BCUT2D eigenvalue weighted by Crippen LogP contribution is -2.17. The van der Waals surface area contributed by atoms with Gasteiger partial charge in [-0.25, -0.2) is 9.97 Å². The van der Waals surface area contributed by atoms with Crippen LogP contribution in [0.15, 0.2) is 29.3 Å². The molecule has 1 aromatic carbocycles. The van der Waals surface area contributed by atoms with E-state index in [2.05, 4.69) is 30.7 Å².